The Kier molecular flexibility index (Phi) is 3.42. The molecule has 0 radical (unpaired) electrons. The SMILES string of the molecule is Cc1cccc(C=Cc2nc3sccn3c(=O)c2Cl)c1. The Hall–Kier alpha value is -1.91. The molecule has 0 unspecified atom stereocenters. The van der Waals surface area contributed by atoms with Crippen molar-refractivity contribution >= 4 is 40.1 Å². The van der Waals surface area contributed by atoms with Gasteiger partial charge in [0.1, 0.15) is 5.02 Å². The normalized spacial score (nSPS) is 11.5. The molecule has 0 aliphatic heterocycles. The van der Waals surface area contributed by atoms with Crippen molar-refractivity contribution in [1.29, 1.82) is 0 Å². The Labute approximate surface area is 124 Å². The number of thiazole rings is 1. The standard InChI is InChI=1S/C15H11ClN2OS/c1-10-3-2-4-11(9-10)5-6-12-13(16)14(19)18-7-8-20-15(18)17-12/h2-9H,1H3. The van der Waals surface area contributed by atoms with E-state index in [4.69, 9.17) is 11.6 Å². The third-order valence-electron chi connectivity index (χ3n) is 2.91. The second-order valence-electron chi connectivity index (χ2n) is 4.42. The van der Waals surface area contributed by atoms with Crippen LogP contribution < -0.4 is 5.56 Å². The maximum absolute atomic E-state index is 12.0. The van der Waals surface area contributed by atoms with Gasteiger partial charge in [-0.1, -0.05) is 47.5 Å². The predicted octanol–water partition coefficient (Wildman–Crippen LogP) is 3.89. The summed E-state index contributed by atoms with van der Waals surface area (Å²) in [5.74, 6) is 0. The van der Waals surface area contributed by atoms with Crippen LogP contribution in [0.3, 0.4) is 0 Å². The molecule has 3 aromatic rings. The fourth-order valence-electron chi connectivity index (χ4n) is 1.93. The summed E-state index contributed by atoms with van der Waals surface area (Å²) in [5, 5.41) is 1.96. The fourth-order valence-corrected chi connectivity index (χ4v) is 2.84. The van der Waals surface area contributed by atoms with Gasteiger partial charge in [-0.2, -0.15) is 0 Å². The molecule has 0 saturated carbocycles. The number of nitrogens with zero attached hydrogens (tertiary/aromatic N) is 2. The van der Waals surface area contributed by atoms with Gasteiger partial charge >= 0.3 is 0 Å². The third kappa shape index (κ3) is 2.40. The molecule has 2 aromatic heterocycles. The second-order valence-corrected chi connectivity index (χ2v) is 5.67. The Balaban J connectivity index is 2.06. The monoisotopic (exact) mass is 302 g/mol. The molecule has 100 valence electrons. The quantitative estimate of drug-likeness (QED) is 0.720. The summed E-state index contributed by atoms with van der Waals surface area (Å²) in [4.78, 5) is 17.1. The molecule has 20 heavy (non-hydrogen) atoms. The van der Waals surface area contributed by atoms with E-state index in [-0.39, 0.29) is 10.6 Å². The first-order chi connectivity index (χ1) is 9.65. The van der Waals surface area contributed by atoms with Gasteiger partial charge in [-0.15, -0.1) is 11.3 Å². The van der Waals surface area contributed by atoms with Gasteiger partial charge in [0.15, 0.2) is 4.96 Å². The maximum Gasteiger partial charge on any atom is 0.277 e. The van der Waals surface area contributed by atoms with Crippen LogP contribution in [0.2, 0.25) is 5.02 Å². The van der Waals surface area contributed by atoms with E-state index in [1.54, 1.807) is 12.3 Å². The average Bonchev–Trinajstić information content (AvgIpc) is 2.90. The van der Waals surface area contributed by atoms with Crippen LogP contribution in [-0.4, -0.2) is 9.38 Å². The highest BCUT2D eigenvalue weighted by atomic mass is 35.5. The van der Waals surface area contributed by atoms with Gasteiger partial charge in [0.25, 0.3) is 5.56 Å². The van der Waals surface area contributed by atoms with Gasteiger partial charge in [-0.3, -0.25) is 9.20 Å². The molecular weight excluding hydrogens is 292 g/mol. The number of halogens is 1. The summed E-state index contributed by atoms with van der Waals surface area (Å²) in [6.45, 7) is 2.03. The number of benzene rings is 1. The van der Waals surface area contributed by atoms with Crippen LogP contribution in [0, 0.1) is 6.92 Å². The summed E-state index contributed by atoms with van der Waals surface area (Å²) in [5.41, 5.74) is 2.50. The van der Waals surface area contributed by atoms with Crippen LogP contribution in [0.15, 0.2) is 40.6 Å². The van der Waals surface area contributed by atoms with E-state index in [1.807, 2.05) is 36.6 Å². The van der Waals surface area contributed by atoms with E-state index >= 15 is 0 Å². The fraction of sp³-hybridized carbons (Fsp3) is 0.0667. The van der Waals surface area contributed by atoms with Crippen LogP contribution in [0.4, 0.5) is 0 Å². The predicted molar refractivity (Wildman–Crippen MR) is 84.5 cm³/mol. The van der Waals surface area contributed by atoms with Crippen LogP contribution in [-0.2, 0) is 0 Å². The zero-order valence-electron chi connectivity index (χ0n) is 10.7. The van der Waals surface area contributed by atoms with Crippen molar-refractivity contribution in [1.82, 2.24) is 9.38 Å². The van der Waals surface area contributed by atoms with Crippen LogP contribution >= 0.6 is 22.9 Å². The second kappa shape index (κ2) is 5.23. The molecular formula is C15H11ClN2OS. The van der Waals surface area contributed by atoms with E-state index in [0.717, 1.165) is 5.56 Å². The first kappa shape index (κ1) is 13.1. The summed E-state index contributed by atoms with van der Waals surface area (Å²) in [6.07, 6.45) is 5.36. The lowest BCUT2D eigenvalue weighted by molar-refractivity contribution is 1.07. The number of hydrogen-bond acceptors (Lipinski definition) is 3. The van der Waals surface area contributed by atoms with Gasteiger partial charge in [-0.05, 0) is 18.6 Å². The van der Waals surface area contributed by atoms with Crippen LogP contribution in [0.1, 0.15) is 16.8 Å². The molecule has 0 N–H and O–H groups in total. The topological polar surface area (TPSA) is 34.4 Å². The smallest absolute Gasteiger partial charge is 0.267 e. The lowest BCUT2D eigenvalue weighted by Gasteiger charge is -1.99. The van der Waals surface area contributed by atoms with Crippen molar-refractivity contribution < 1.29 is 0 Å². The minimum atomic E-state index is -0.234. The molecule has 1 aromatic carbocycles. The lowest BCUT2D eigenvalue weighted by atomic mass is 10.1. The molecule has 0 atom stereocenters. The van der Waals surface area contributed by atoms with Crippen LogP contribution in [0.5, 0.6) is 0 Å². The minimum absolute atomic E-state index is 0.143. The van der Waals surface area contributed by atoms with Gasteiger partial charge in [0.05, 0.1) is 5.69 Å². The van der Waals surface area contributed by atoms with Gasteiger partial charge in [0, 0.05) is 11.6 Å². The highest BCUT2D eigenvalue weighted by molar-refractivity contribution is 7.15. The number of aromatic nitrogens is 2. The van der Waals surface area contributed by atoms with E-state index in [1.165, 1.54) is 21.3 Å². The van der Waals surface area contributed by atoms with Crippen molar-refractivity contribution in [2.24, 2.45) is 0 Å². The molecule has 0 amide bonds. The number of aryl methyl sites for hydroxylation is 1. The first-order valence-electron chi connectivity index (χ1n) is 6.05. The molecule has 5 heteroatoms. The third-order valence-corrected chi connectivity index (χ3v) is 4.02. The van der Waals surface area contributed by atoms with Gasteiger partial charge < -0.3 is 0 Å². The van der Waals surface area contributed by atoms with Crippen molar-refractivity contribution in [2.75, 3.05) is 0 Å². The molecule has 0 aliphatic rings. The molecule has 3 rings (SSSR count). The molecule has 0 saturated heterocycles. The molecule has 0 spiro atoms. The maximum atomic E-state index is 12.0. The zero-order valence-corrected chi connectivity index (χ0v) is 12.3. The summed E-state index contributed by atoms with van der Waals surface area (Å²) in [7, 11) is 0. The molecule has 3 nitrogen and oxygen atoms in total. The summed E-state index contributed by atoms with van der Waals surface area (Å²) in [6, 6.07) is 8.07. The van der Waals surface area contributed by atoms with E-state index in [2.05, 4.69) is 11.1 Å². The molecule has 0 aliphatic carbocycles. The van der Waals surface area contributed by atoms with Gasteiger partial charge in [0.2, 0.25) is 0 Å². The number of rotatable bonds is 2. The zero-order chi connectivity index (χ0) is 14.1. The Morgan fingerprint density at radius 1 is 1.35 bits per heavy atom. The van der Waals surface area contributed by atoms with Crippen molar-refractivity contribution in [2.45, 2.75) is 6.92 Å². The summed E-state index contributed by atoms with van der Waals surface area (Å²) < 4.78 is 1.46. The Morgan fingerprint density at radius 3 is 3.00 bits per heavy atom. The molecule has 2 heterocycles. The van der Waals surface area contributed by atoms with E-state index < -0.39 is 0 Å². The van der Waals surface area contributed by atoms with Crippen molar-refractivity contribution in [3.8, 4) is 0 Å². The highest BCUT2D eigenvalue weighted by Gasteiger charge is 2.08. The van der Waals surface area contributed by atoms with Crippen molar-refractivity contribution in [3.63, 3.8) is 0 Å². The Bertz CT molecular complexity index is 864. The van der Waals surface area contributed by atoms with Gasteiger partial charge in [-0.25, -0.2) is 4.98 Å². The number of hydrogen-bond donors (Lipinski definition) is 0. The highest BCUT2D eigenvalue weighted by Crippen LogP contribution is 2.16. The summed E-state index contributed by atoms with van der Waals surface area (Å²) >= 11 is 7.49. The molecule has 0 fully saturated rings. The lowest BCUT2D eigenvalue weighted by Crippen LogP contribution is -2.14. The van der Waals surface area contributed by atoms with E-state index in [9.17, 15) is 4.79 Å². The minimum Gasteiger partial charge on any atom is -0.267 e. The largest absolute Gasteiger partial charge is 0.277 e. The Morgan fingerprint density at radius 2 is 2.20 bits per heavy atom. The first-order valence-corrected chi connectivity index (χ1v) is 7.31. The van der Waals surface area contributed by atoms with Crippen molar-refractivity contribution in [3.05, 3.63) is 68.0 Å². The molecule has 0 bridgehead atoms. The van der Waals surface area contributed by atoms with Crippen LogP contribution in [0.25, 0.3) is 17.1 Å². The average molecular weight is 303 g/mol. The number of fused-ring (bicyclic) bond motifs is 1. The van der Waals surface area contributed by atoms with E-state index in [0.29, 0.717) is 10.7 Å².